The number of rotatable bonds is 6. The Balaban J connectivity index is 2.01. The number of unbranched alkanes of at least 4 members (excludes halogenated alkanes) is 2. The summed E-state index contributed by atoms with van der Waals surface area (Å²) in [5.41, 5.74) is 8.15. The van der Waals surface area contributed by atoms with Crippen LogP contribution in [-0.4, -0.2) is 10.7 Å². The standard InChI is InChI=1S/C15H20N2S/c1-2-3-6-9-18-11-13-10-12-7-4-5-8-14(12)17-15(13)16/h4-5,7-8,10H,2-3,6,9,11H2,1H3,(H2,16,17). The fourth-order valence-electron chi connectivity index (χ4n) is 1.93. The maximum atomic E-state index is 6.00. The molecule has 0 aliphatic rings. The quantitative estimate of drug-likeness (QED) is 0.789. The molecule has 0 amide bonds. The minimum atomic E-state index is 0.677. The Labute approximate surface area is 113 Å². The number of pyridine rings is 1. The number of para-hydroxylation sites is 1. The van der Waals surface area contributed by atoms with Crippen molar-refractivity contribution in [2.45, 2.75) is 31.9 Å². The van der Waals surface area contributed by atoms with Gasteiger partial charge in [0.1, 0.15) is 5.82 Å². The van der Waals surface area contributed by atoms with Crippen LogP contribution in [0, 0.1) is 0 Å². The van der Waals surface area contributed by atoms with Crippen LogP contribution < -0.4 is 5.73 Å². The average Bonchev–Trinajstić information content (AvgIpc) is 2.39. The molecule has 96 valence electrons. The summed E-state index contributed by atoms with van der Waals surface area (Å²) in [5.74, 6) is 2.85. The first-order chi connectivity index (χ1) is 8.81. The lowest BCUT2D eigenvalue weighted by molar-refractivity contribution is 0.778. The predicted octanol–water partition coefficient (Wildman–Crippen LogP) is 4.24. The molecule has 0 spiro atoms. The van der Waals surface area contributed by atoms with Gasteiger partial charge in [-0.05, 0) is 24.3 Å². The molecule has 0 saturated heterocycles. The summed E-state index contributed by atoms with van der Waals surface area (Å²) in [4.78, 5) is 4.46. The van der Waals surface area contributed by atoms with Crippen molar-refractivity contribution < 1.29 is 0 Å². The lowest BCUT2D eigenvalue weighted by Gasteiger charge is -2.07. The molecule has 1 heterocycles. The van der Waals surface area contributed by atoms with Crippen LogP contribution in [0.4, 0.5) is 5.82 Å². The smallest absolute Gasteiger partial charge is 0.128 e. The largest absolute Gasteiger partial charge is 0.383 e. The lowest BCUT2D eigenvalue weighted by Crippen LogP contribution is -1.97. The van der Waals surface area contributed by atoms with Crippen LogP contribution in [0.15, 0.2) is 30.3 Å². The molecule has 2 aromatic rings. The van der Waals surface area contributed by atoms with Crippen molar-refractivity contribution in [3.05, 3.63) is 35.9 Å². The number of hydrogen-bond donors (Lipinski definition) is 1. The molecule has 2 N–H and O–H groups in total. The highest BCUT2D eigenvalue weighted by Gasteiger charge is 2.03. The Bertz CT molecular complexity index is 511. The first-order valence-electron chi connectivity index (χ1n) is 6.53. The van der Waals surface area contributed by atoms with E-state index in [1.807, 2.05) is 30.0 Å². The van der Waals surface area contributed by atoms with Gasteiger partial charge in [0.25, 0.3) is 0 Å². The van der Waals surface area contributed by atoms with Crippen molar-refractivity contribution in [3.63, 3.8) is 0 Å². The number of benzene rings is 1. The molecule has 2 rings (SSSR count). The van der Waals surface area contributed by atoms with Crippen molar-refractivity contribution in [2.75, 3.05) is 11.5 Å². The minimum absolute atomic E-state index is 0.677. The highest BCUT2D eigenvalue weighted by Crippen LogP contribution is 2.22. The van der Waals surface area contributed by atoms with E-state index in [-0.39, 0.29) is 0 Å². The van der Waals surface area contributed by atoms with Gasteiger partial charge >= 0.3 is 0 Å². The zero-order valence-electron chi connectivity index (χ0n) is 10.9. The van der Waals surface area contributed by atoms with Gasteiger partial charge in [0.05, 0.1) is 5.52 Å². The monoisotopic (exact) mass is 260 g/mol. The molecule has 0 aliphatic heterocycles. The molecule has 0 aliphatic carbocycles. The number of aromatic nitrogens is 1. The van der Waals surface area contributed by atoms with E-state index < -0.39 is 0 Å². The first-order valence-corrected chi connectivity index (χ1v) is 7.68. The highest BCUT2D eigenvalue weighted by molar-refractivity contribution is 7.98. The predicted molar refractivity (Wildman–Crippen MR) is 81.8 cm³/mol. The minimum Gasteiger partial charge on any atom is -0.383 e. The number of nitrogen functional groups attached to an aromatic ring is 1. The van der Waals surface area contributed by atoms with Crippen molar-refractivity contribution >= 4 is 28.5 Å². The summed E-state index contributed by atoms with van der Waals surface area (Å²) >= 11 is 1.95. The molecule has 1 aromatic heterocycles. The molecule has 0 unspecified atom stereocenters. The molecule has 0 saturated carbocycles. The second kappa shape index (κ2) is 6.64. The summed E-state index contributed by atoms with van der Waals surface area (Å²) in [7, 11) is 0. The number of nitrogens with two attached hydrogens (primary N) is 1. The van der Waals surface area contributed by atoms with Gasteiger partial charge in [-0.15, -0.1) is 0 Å². The van der Waals surface area contributed by atoms with Gasteiger partial charge in [-0.2, -0.15) is 11.8 Å². The van der Waals surface area contributed by atoms with Crippen LogP contribution in [0.1, 0.15) is 31.7 Å². The molecule has 0 bridgehead atoms. The van der Waals surface area contributed by atoms with Crippen LogP contribution in [0.3, 0.4) is 0 Å². The Morgan fingerprint density at radius 2 is 2.06 bits per heavy atom. The number of thioether (sulfide) groups is 1. The molecule has 3 heteroatoms. The summed E-state index contributed by atoms with van der Waals surface area (Å²) in [6.45, 7) is 2.23. The van der Waals surface area contributed by atoms with Crippen LogP contribution in [-0.2, 0) is 5.75 Å². The van der Waals surface area contributed by atoms with E-state index in [1.54, 1.807) is 0 Å². The Morgan fingerprint density at radius 1 is 1.22 bits per heavy atom. The van der Waals surface area contributed by atoms with E-state index in [0.29, 0.717) is 5.82 Å². The van der Waals surface area contributed by atoms with Gasteiger partial charge in [0, 0.05) is 16.7 Å². The van der Waals surface area contributed by atoms with Crippen LogP contribution >= 0.6 is 11.8 Å². The summed E-state index contributed by atoms with van der Waals surface area (Å²) in [5, 5.41) is 1.18. The maximum absolute atomic E-state index is 6.00. The molecular weight excluding hydrogens is 240 g/mol. The Morgan fingerprint density at radius 3 is 2.89 bits per heavy atom. The fraction of sp³-hybridized carbons (Fsp3) is 0.400. The second-order valence-electron chi connectivity index (χ2n) is 4.49. The second-order valence-corrected chi connectivity index (χ2v) is 5.59. The van der Waals surface area contributed by atoms with Crippen LogP contribution in [0.25, 0.3) is 10.9 Å². The van der Waals surface area contributed by atoms with E-state index in [0.717, 1.165) is 16.8 Å². The van der Waals surface area contributed by atoms with Gasteiger partial charge in [-0.25, -0.2) is 4.98 Å². The topological polar surface area (TPSA) is 38.9 Å². The number of anilines is 1. The van der Waals surface area contributed by atoms with Crippen molar-refractivity contribution in [1.29, 1.82) is 0 Å². The third-order valence-corrected chi connectivity index (χ3v) is 4.08. The Kier molecular flexibility index (Phi) is 4.88. The van der Waals surface area contributed by atoms with Crippen molar-refractivity contribution in [1.82, 2.24) is 4.98 Å². The molecule has 1 aromatic carbocycles. The number of nitrogens with zero attached hydrogens (tertiary/aromatic N) is 1. The molecule has 0 radical (unpaired) electrons. The van der Waals surface area contributed by atoms with Crippen molar-refractivity contribution in [2.24, 2.45) is 0 Å². The summed E-state index contributed by atoms with van der Waals surface area (Å²) < 4.78 is 0. The van der Waals surface area contributed by atoms with E-state index in [4.69, 9.17) is 5.73 Å². The number of fused-ring (bicyclic) bond motifs is 1. The number of hydrogen-bond acceptors (Lipinski definition) is 3. The normalized spacial score (nSPS) is 10.9. The first kappa shape index (κ1) is 13.2. The maximum Gasteiger partial charge on any atom is 0.128 e. The molecule has 18 heavy (non-hydrogen) atoms. The summed E-state index contributed by atoms with van der Waals surface area (Å²) in [6.07, 6.45) is 3.89. The molecule has 0 fully saturated rings. The molecule has 2 nitrogen and oxygen atoms in total. The molecule has 0 atom stereocenters. The van der Waals surface area contributed by atoms with Gasteiger partial charge in [0.2, 0.25) is 0 Å². The lowest BCUT2D eigenvalue weighted by atomic mass is 10.1. The van der Waals surface area contributed by atoms with E-state index in [2.05, 4.69) is 24.0 Å². The van der Waals surface area contributed by atoms with Crippen molar-refractivity contribution in [3.8, 4) is 0 Å². The third-order valence-electron chi connectivity index (χ3n) is 2.99. The van der Waals surface area contributed by atoms with E-state index >= 15 is 0 Å². The zero-order valence-corrected chi connectivity index (χ0v) is 11.7. The van der Waals surface area contributed by atoms with Gasteiger partial charge in [0.15, 0.2) is 0 Å². The zero-order chi connectivity index (χ0) is 12.8. The van der Waals surface area contributed by atoms with Crippen LogP contribution in [0.5, 0.6) is 0 Å². The van der Waals surface area contributed by atoms with Gasteiger partial charge < -0.3 is 5.73 Å². The molecular formula is C15H20N2S. The van der Waals surface area contributed by atoms with Gasteiger partial charge in [-0.3, -0.25) is 0 Å². The van der Waals surface area contributed by atoms with Crippen LogP contribution in [0.2, 0.25) is 0 Å². The third kappa shape index (κ3) is 3.39. The van der Waals surface area contributed by atoms with Gasteiger partial charge in [-0.1, -0.05) is 38.0 Å². The average molecular weight is 260 g/mol. The fourth-order valence-corrected chi connectivity index (χ4v) is 2.93. The Hall–Kier alpha value is -1.22. The summed E-state index contributed by atoms with van der Waals surface area (Å²) in [6, 6.07) is 10.3. The van der Waals surface area contributed by atoms with E-state index in [1.165, 1.54) is 30.4 Å². The van der Waals surface area contributed by atoms with E-state index in [9.17, 15) is 0 Å². The SMILES string of the molecule is CCCCCSCc1cc2ccccc2nc1N. The highest BCUT2D eigenvalue weighted by atomic mass is 32.2.